The molecule has 0 saturated carbocycles. The minimum atomic E-state index is -3.90. The lowest BCUT2D eigenvalue weighted by molar-refractivity contribution is -0.128. The summed E-state index contributed by atoms with van der Waals surface area (Å²) in [5, 5.41) is 2.82. The number of amides is 1. The Labute approximate surface area is 198 Å². The molecule has 8 nitrogen and oxygen atoms in total. The van der Waals surface area contributed by atoms with Crippen molar-refractivity contribution in [3.8, 4) is 17.2 Å². The van der Waals surface area contributed by atoms with Crippen LogP contribution < -0.4 is 23.8 Å². The van der Waals surface area contributed by atoms with E-state index < -0.39 is 22.0 Å². The molecule has 3 aromatic carbocycles. The molecule has 5 rings (SSSR count). The fraction of sp³-hybridized carbons (Fsp3) is 0.240. The van der Waals surface area contributed by atoms with Crippen molar-refractivity contribution < 1.29 is 27.4 Å². The smallest absolute Gasteiger partial charge is 0.264 e. The van der Waals surface area contributed by atoms with Crippen LogP contribution >= 0.6 is 0 Å². The molecular weight excluding hydrogens is 456 g/mol. The number of sulfonamides is 1. The quantitative estimate of drug-likeness (QED) is 0.604. The number of benzene rings is 3. The molecule has 176 valence electrons. The summed E-state index contributed by atoms with van der Waals surface area (Å²) in [6.07, 6.45) is -1.40. The molecule has 0 bridgehead atoms. The van der Waals surface area contributed by atoms with Gasteiger partial charge in [-0.25, -0.2) is 8.42 Å². The SMILES string of the molecule is Cc1ccc2c(c1)N(S(=O)(=O)c1ccccc1)C[C@@H](C(=O)NC[C@@H]1COc3ccccc3O1)O2. The van der Waals surface area contributed by atoms with Gasteiger partial charge in [-0.1, -0.05) is 36.4 Å². The summed E-state index contributed by atoms with van der Waals surface area (Å²) in [7, 11) is -3.90. The molecule has 0 saturated heterocycles. The van der Waals surface area contributed by atoms with Gasteiger partial charge in [0.05, 0.1) is 23.7 Å². The third-order valence-corrected chi connectivity index (χ3v) is 7.47. The minimum absolute atomic E-state index is 0.148. The fourth-order valence-corrected chi connectivity index (χ4v) is 5.43. The average molecular weight is 481 g/mol. The second kappa shape index (κ2) is 8.90. The zero-order chi connectivity index (χ0) is 23.7. The van der Waals surface area contributed by atoms with Crippen molar-refractivity contribution in [3.63, 3.8) is 0 Å². The lowest BCUT2D eigenvalue weighted by Gasteiger charge is -2.35. The summed E-state index contributed by atoms with van der Waals surface area (Å²) in [5.41, 5.74) is 1.29. The van der Waals surface area contributed by atoms with E-state index in [1.165, 1.54) is 16.4 Å². The number of ether oxygens (including phenoxy) is 3. The van der Waals surface area contributed by atoms with Gasteiger partial charge in [0, 0.05) is 0 Å². The van der Waals surface area contributed by atoms with Gasteiger partial charge in [0.2, 0.25) is 0 Å². The minimum Gasteiger partial charge on any atom is -0.486 e. The Hall–Kier alpha value is -3.72. The maximum absolute atomic E-state index is 13.5. The molecule has 0 aromatic heterocycles. The Bertz CT molecular complexity index is 1310. The first-order valence-electron chi connectivity index (χ1n) is 10.9. The number of carbonyl (C=O) groups excluding carboxylic acids is 1. The summed E-state index contributed by atoms with van der Waals surface area (Å²) < 4.78 is 45.6. The van der Waals surface area contributed by atoms with Gasteiger partial charge < -0.3 is 19.5 Å². The first-order valence-corrected chi connectivity index (χ1v) is 12.4. The number of hydrogen-bond donors (Lipinski definition) is 1. The first-order chi connectivity index (χ1) is 16.4. The standard InChI is InChI=1S/C25H24N2O6S/c1-17-11-12-21-20(13-17)27(34(29,30)19-7-3-2-4-8-19)15-24(33-21)25(28)26-14-18-16-31-22-9-5-6-10-23(22)32-18/h2-13,18,24H,14-16H2,1H3,(H,26,28)/t18-,24+/m1/s1. The Morgan fingerprint density at radius 3 is 2.50 bits per heavy atom. The van der Waals surface area contributed by atoms with E-state index in [2.05, 4.69) is 5.32 Å². The van der Waals surface area contributed by atoms with Gasteiger partial charge in [-0.05, 0) is 48.9 Å². The Morgan fingerprint density at radius 2 is 1.71 bits per heavy atom. The molecule has 2 aliphatic heterocycles. The van der Waals surface area contributed by atoms with Crippen LogP contribution in [0.1, 0.15) is 5.56 Å². The van der Waals surface area contributed by atoms with E-state index in [0.29, 0.717) is 29.5 Å². The van der Waals surface area contributed by atoms with Crippen molar-refractivity contribution in [1.82, 2.24) is 5.32 Å². The predicted molar refractivity (Wildman–Crippen MR) is 126 cm³/mol. The first kappa shape index (κ1) is 22.1. The van der Waals surface area contributed by atoms with Crippen molar-refractivity contribution in [2.45, 2.75) is 24.0 Å². The summed E-state index contributed by atoms with van der Waals surface area (Å²) >= 11 is 0. The number of rotatable bonds is 5. The third kappa shape index (κ3) is 4.26. The largest absolute Gasteiger partial charge is 0.486 e. The highest BCUT2D eigenvalue weighted by molar-refractivity contribution is 7.92. The molecule has 0 radical (unpaired) electrons. The zero-order valence-electron chi connectivity index (χ0n) is 18.5. The number of carbonyl (C=O) groups is 1. The molecule has 0 fully saturated rings. The molecule has 9 heteroatoms. The highest BCUT2D eigenvalue weighted by Crippen LogP contribution is 2.38. The second-order valence-electron chi connectivity index (χ2n) is 8.17. The van der Waals surface area contributed by atoms with Crippen molar-refractivity contribution in [1.29, 1.82) is 0 Å². The molecule has 34 heavy (non-hydrogen) atoms. The predicted octanol–water partition coefficient (Wildman–Crippen LogP) is 2.91. The van der Waals surface area contributed by atoms with Crippen LogP contribution in [-0.4, -0.2) is 46.2 Å². The number of aryl methyl sites for hydroxylation is 1. The Balaban J connectivity index is 1.34. The molecule has 0 aliphatic carbocycles. The van der Waals surface area contributed by atoms with Gasteiger partial charge in [-0.2, -0.15) is 0 Å². The van der Waals surface area contributed by atoms with Gasteiger partial charge >= 0.3 is 0 Å². The zero-order valence-corrected chi connectivity index (χ0v) is 19.3. The van der Waals surface area contributed by atoms with E-state index in [1.807, 2.05) is 31.2 Å². The Morgan fingerprint density at radius 1 is 0.971 bits per heavy atom. The topological polar surface area (TPSA) is 94.2 Å². The molecule has 1 amide bonds. The summed E-state index contributed by atoms with van der Waals surface area (Å²) in [4.78, 5) is 13.2. The van der Waals surface area contributed by atoms with Crippen molar-refractivity contribution in [3.05, 3.63) is 78.4 Å². The van der Waals surface area contributed by atoms with Crippen LogP contribution in [-0.2, 0) is 14.8 Å². The number of nitrogens with zero attached hydrogens (tertiary/aromatic N) is 1. The van der Waals surface area contributed by atoms with E-state index in [9.17, 15) is 13.2 Å². The number of fused-ring (bicyclic) bond motifs is 2. The summed E-state index contributed by atoms with van der Waals surface area (Å²) in [6.45, 7) is 2.21. The second-order valence-corrected chi connectivity index (χ2v) is 10.0. The average Bonchev–Trinajstić information content (AvgIpc) is 2.87. The molecule has 2 heterocycles. The van der Waals surface area contributed by atoms with E-state index >= 15 is 0 Å². The summed E-state index contributed by atoms with van der Waals surface area (Å²) in [5.74, 6) is 1.19. The Kier molecular flexibility index (Phi) is 5.79. The van der Waals surface area contributed by atoms with Crippen LogP contribution in [0.15, 0.2) is 77.7 Å². The number of para-hydroxylation sites is 2. The lowest BCUT2D eigenvalue weighted by Crippen LogP contribution is -2.52. The third-order valence-electron chi connectivity index (χ3n) is 5.68. The van der Waals surface area contributed by atoms with Crippen molar-refractivity contribution in [2.24, 2.45) is 0 Å². The molecule has 2 aliphatic rings. The highest BCUT2D eigenvalue weighted by atomic mass is 32.2. The molecule has 0 unspecified atom stereocenters. The van der Waals surface area contributed by atoms with Crippen LogP contribution in [0.2, 0.25) is 0 Å². The number of hydrogen-bond acceptors (Lipinski definition) is 6. The van der Waals surface area contributed by atoms with Gasteiger partial charge in [0.25, 0.3) is 15.9 Å². The van der Waals surface area contributed by atoms with Crippen LogP contribution in [0.3, 0.4) is 0 Å². The van der Waals surface area contributed by atoms with E-state index in [1.54, 1.807) is 36.4 Å². The van der Waals surface area contributed by atoms with Crippen molar-refractivity contribution >= 4 is 21.6 Å². The lowest BCUT2D eigenvalue weighted by atomic mass is 10.1. The number of anilines is 1. The highest BCUT2D eigenvalue weighted by Gasteiger charge is 2.38. The molecular formula is C25H24N2O6S. The van der Waals surface area contributed by atoms with E-state index in [4.69, 9.17) is 14.2 Å². The van der Waals surface area contributed by atoms with Crippen LogP contribution in [0.4, 0.5) is 5.69 Å². The molecule has 3 aromatic rings. The summed E-state index contributed by atoms with van der Waals surface area (Å²) in [6, 6.07) is 20.7. The fourth-order valence-electron chi connectivity index (χ4n) is 3.94. The maximum Gasteiger partial charge on any atom is 0.264 e. The number of nitrogens with one attached hydrogen (secondary N) is 1. The van der Waals surface area contributed by atoms with Gasteiger partial charge in [-0.15, -0.1) is 0 Å². The van der Waals surface area contributed by atoms with Gasteiger partial charge in [0.15, 0.2) is 17.6 Å². The molecule has 2 atom stereocenters. The monoisotopic (exact) mass is 480 g/mol. The maximum atomic E-state index is 13.5. The molecule has 1 N–H and O–H groups in total. The molecule has 0 spiro atoms. The van der Waals surface area contributed by atoms with Crippen LogP contribution in [0, 0.1) is 6.92 Å². The normalized spacial score (nSPS) is 19.0. The van der Waals surface area contributed by atoms with Gasteiger partial charge in [0.1, 0.15) is 18.5 Å². The van der Waals surface area contributed by atoms with Crippen molar-refractivity contribution in [2.75, 3.05) is 24.0 Å². The van der Waals surface area contributed by atoms with E-state index in [-0.39, 0.29) is 24.1 Å². The van der Waals surface area contributed by atoms with Gasteiger partial charge in [-0.3, -0.25) is 9.10 Å². The van der Waals surface area contributed by atoms with E-state index in [0.717, 1.165) is 5.56 Å². The van der Waals surface area contributed by atoms with Crippen LogP contribution in [0.25, 0.3) is 0 Å². The van der Waals surface area contributed by atoms with Crippen LogP contribution in [0.5, 0.6) is 17.2 Å².